The summed E-state index contributed by atoms with van der Waals surface area (Å²) in [5.74, 6) is -1.85. The summed E-state index contributed by atoms with van der Waals surface area (Å²) in [6.45, 7) is 0.357. The number of fused-ring (bicyclic) bond motifs is 3. The molecule has 2 heterocycles. The minimum absolute atomic E-state index is 0.0444. The van der Waals surface area contributed by atoms with Crippen LogP contribution < -0.4 is 10.6 Å². The van der Waals surface area contributed by atoms with E-state index in [4.69, 9.17) is 9.47 Å². The summed E-state index contributed by atoms with van der Waals surface area (Å²) in [4.78, 5) is 36.8. The van der Waals surface area contributed by atoms with E-state index in [0.717, 1.165) is 22.3 Å². The molecule has 1 saturated heterocycles. The average Bonchev–Trinajstić information content (AvgIpc) is 3.53. The van der Waals surface area contributed by atoms with Crippen molar-refractivity contribution in [3.05, 3.63) is 71.5 Å². The van der Waals surface area contributed by atoms with Gasteiger partial charge >= 0.3 is 12.1 Å². The van der Waals surface area contributed by atoms with Gasteiger partial charge in [0.15, 0.2) is 11.8 Å². The van der Waals surface area contributed by atoms with Gasteiger partial charge < -0.3 is 19.9 Å². The zero-order valence-corrected chi connectivity index (χ0v) is 18.9. The normalized spacial score (nSPS) is 18.5. The molecule has 3 aromatic rings. The van der Waals surface area contributed by atoms with E-state index in [2.05, 4.69) is 27.9 Å². The Bertz CT molecular complexity index is 1260. The Morgan fingerprint density at radius 2 is 1.77 bits per heavy atom. The van der Waals surface area contributed by atoms with Crippen LogP contribution in [0.2, 0.25) is 0 Å². The number of carbonyl (C=O) groups is 3. The predicted molar refractivity (Wildman–Crippen MR) is 125 cm³/mol. The Hall–Kier alpha value is -4.18. The number of ether oxygens (including phenoxy) is 2. The third-order valence-electron chi connectivity index (χ3n) is 6.28. The lowest BCUT2D eigenvalue weighted by Gasteiger charge is -2.16. The molecule has 1 fully saturated rings. The Morgan fingerprint density at radius 1 is 1.11 bits per heavy atom. The lowest BCUT2D eigenvalue weighted by atomic mass is 9.98. The highest BCUT2D eigenvalue weighted by Crippen LogP contribution is 2.44. The number of hydrogen-bond donors (Lipinski definition) is 3. The summed E-state index contributed by atoms with van der Waals surface area (Å²) in [6, 6.07) is 15.4. The van der Waals surface area contributed by atoms with Crippen molar-refractivity contribution < 1.29 is 29.0 Å². The van der Waals surface area contributed by atoms with Gasteiger partial charge in [-0.2, -0.15) is 5.10 Å². The van der Waals surface area contributed by atoms with Crippen molar-refractivity contribution in [1.82, 2.24) is 15.1 Å². The third kappa shape index (κ3) is 4.35. The number of benzene rings is 2. The molecule has 2 amide bonds. The number of carboxylic acids is 1. The van der Waals surface area contributed by atoms with Crippen LogP contribution in [-0.4, -0.2) is 58.2 Å². The van der Waals surface area contributed by atoms with Crippen molar-refractivity contribution >= 4 is 23.7 Å². The van der Waals surface area contributed by atoms with E-state index in [0.29, 0.717) is 6.42 Å². The highest BCUT2D eigenvalue weighted by molar-refractivity contribution is 6.01. The number of rotatable bonds is 6. The number of hydrogen-bond acceptors (Lipinski definition) is 6. The second-order valence-corrected chi connectivity index (χ2v) is 8.51. The maximum absolute atomic E-state index is 12.8. The topological polar surface area (TPSA) is 132 Å². The van der Waals surface area contributed by atoms with Gasteiger partial charge in [0.2, 0.25) is 0 Å². The van der Waals surface area contributed by atoms with Crippen molar-refractivity contribution in [2.45, 2.75) is 24.5 Å². The minimum atomic E-state index is -1.15. The van der Waals surface area contributed by atoms with Crippen LogP contribution in [0.3, 0.4) is 0 Å². The largest absolute Gasteiger partial charge is 0.479 e. The fraction of sp³-hybridized carbons (Fsp3) is 0.280. The molecular formula is C25H24N4O6. The molecule has 5 rings (SSSR count). The van der Waals surface area contributed by atoms with Crippen LogP contribution in [0, 0.1) is 0 Å². The molecule has 2 atom stereocenters. The van der Waals surface area contributed by atoms with E-state index in [-0.39, 0.29) is 30.5 Å². The Labute approximate surface area is 200 Å². The monoisotopic (exact) mass is 476 g/mol. The molecule has 1 aliphatic carbocycles. The van der Waals surface area contributed by atoms with Gasteiger partial charge in [-0.25, -0.2) is 9.59 Å². The van der Waals surface area contributed by atoms with E-state index in [1.165, 1.54) is 10.9 Å². The van der Waals surface area contributed by atoms with Crippen molar-refractivity contribution in [1.29, 1.82) is 0 Å². The molecule has 35 heavy (non-hydrogen) atoms. The molecule has 0 saturated carbocycles. The molecule has 3 N–H and O–H groups in total. The summed E-state index contributed by atoms with van der Waals surface area (Å²) in [5, 5.41) is 18.6. The first-order valence-corrected chi connectivity index (χ1v) is 11.2. The van der Waals surface area contributed by atoms with Gasteiger partial charge in [0.1, 0.15) is 6.61 Å². The van der Waals surface area contributed by atoms with Crippen LogP contribution in [-0.2, 0) is 21.3 Å². The third-order valence-corrected chi connectivity index (χ3v) is 6.28. The van der Waals surface area contributed by atoms with Gasteiger partial charge in [0.05, 0.1) is 11.7 Å². The standard InChI is InChI=1S/C25H24N4O6/c1-29-12-20(21(28-29)23(30)26-19-10-11-34-22(19)24(31)32)27-25(33)35-13-18-16-8-4-2-6-14(16)15-7-3-5-9-17(15)18/h2-9,12,18-19,22H,10-11,13H2,1H3,(H,26,30)(H,27,33)(H,31,32)/t19-,22+/m0/s1. The average molecular weight is 476 g/mol. The second kappa shape index (κ2) is 9.22. The molecule has 180 valence electrons. The number of anilines is 1. The number of amides is 2. The molecule has 2 aliphatic rings. The van der Waals surface area contributed by atoms with E-state index >= 15 is 0 Å². The van der Waals surface area contributed by atoms with Crippen molar-refractivity contribution in [2.75, 3.05) is 18.5 Å². The molecule has 0 spiro atoms. The van der Waals surface area contributed by atoms with Gasteiger partial charge in [-0.1, -0.05) is 48.5 Å². The molecule has 10 heteroatoms. The van der Waals surface area contributed by atoms with E-state index in [1.54, 1.807) is 7.05 Å². The maximum Gasteiger partial charge on any atom is 0.411 e. The quantitative estimate of drug-likeness (QED) is 0.498. The van der Waals surface area contributed by atoms with E-state index in [1.807, 2.05) is 36.4 Å². The van der Waals surface area contributed by atoms with Gasteiger partial charge in [0, 0.05) is 25.8 Å². The molecule has 0 radical (unpaired) electrons. The molecule has 2 aromatic carbocycles. The SMILES string of the molecule is Cn1cc(NC(=O)OCC2c3ccccc3-c3ccccc32)c(C(=O)N[C@H]2CCO[C@H]2C(=O)O)n1. The van der Waals surface area contributed by atoms with Crippen LogP contribution in [0.5, 0.6) is 0 Å². The van der Waals surface area contributed by atoms with Crippen molar-refractivity contribution in [3.63, 3.8) is 0 Å². The number of carboxylic acid groups (broad SMARTS) is 1. The summed E-state index contributed by atoms with van der Waals surface area (Å²) in [5.41, 5.74) is 4.55. The molecule has 1 aromatic heterocycles. The highest BCUT2D eigenvalue weighted by Gasteiger charge is 2.36. The summed E-state index contributed by atoms with van der Waals surface area (Å²) >= 11 is 0. The number of aliphatic carboxylic acids is 1. The van der Waals surface area contributed by atoms with E-state index in [9.17, 15) is 19.5 Å². The van der Waals surface area contributed by atoms with Crippen LogP contribution in [0.1, 0.15) is 34.0 Å². The van der Waals surface area contributed by atoms with Gasteiger partial charge in [-0.15, -0.1) is 0 Å². The smallest absolute Gasteiger partial charge is 0.411 e. The number of carbonyl (C=O) groups excluding carboxylic acids is 2. The number of nitrogens with one attached hydrogen (secondary N) is 2. The summed E-state index contributed by atoms with van der Waals surface area (Å²) in [6.07, 6.45) is 0.00337. The highest BCUT2D eigenvalue weighted by atomic mass is 16.5. The van der Waals surface area contributed by atoms with Crippen LogP contribution in [0.4, 0.5) is 10.5 Å². The maximum atomic E-state index is 12.8. The zero-order valence-electron chi connectivity index (χ0n) is 18.9. The van der Waals surface area contributed by atoms with Gasteiger partial charge in [0.25, 0.3) is 5.91 Å². The van der Waals surface area contributed by atoms with Crippen molar-refractivity contribution in [3.8, 4) is 11.1 Å². The van der Waals surface area contributed by atoms with Crippen LogP contribution >= 0.6 is 0 Å². The Morgan fingerprint density at radius 3 is 2.43 bits per heavy atom. The van der Waals surface area contributed by atoms with Crippen LogP contribution in [0.25, 0.3) is 11.1 Å². The predicted octanol–water partition coefficient (Wildman–Crippen LogP) is 2.75. The number of aryl methyl sites for hydroxylation is 1. The van der Waals surface area contributed by atoms with Gasteiger partial charge in [-0.05, 0) is 28.7 Å². The van der Waals surface area contributed by atoms with Crippen molar-refractivity contribution in [2.24, 2.45) is 7.05 Å². The minimum Gasteiger partial charge on any atom is -0.479 e. The Balaban J connectivity index is 1.26. The zero-order chi connectivity index (χ0) is 24.5. The van der Waals surface area contributed by atoms with Crippen LogP contribution in [0.15, 0.2) is 54.7 Å². The Kier molecular flexibility index (Phi) is 5.96. The first-order chi connectivity index (χ1) is 16.9. The molecule has 0 unspecified atom stereocenters. The molecule has 1 aliphatic heterocycles. The lowest BCUT2D eigenvalue weighted by molar-refractivity contribution is -0.148. The molecule has 0 bridgehead atoms. The second-order valence-electron chi connectivity index (χ2n) is 8.51. The lowest BCUT2D eigenvalue weighted by Crippen LogP contribution is -2.44. The number of aromatic nitrogens is 2. The molecular weight excluding hydrogens is 452 g/mol. The molecule has 10 nitrogen and oxygen atoms in total. The van der Waals surface area contributed by atoms with E-state index < -0.39 is 30.1 Å². The fourth-order valence-electron chi connectivity index (χ4n) is 4.71. The summed E-state index contributed by atoms with van der Waals surface area (Å²) < 4.78 is 12.1. The first kappa shape index (κ1) is 22.6. The fourth-order valence-corrected chi connectivity index (χ4v) is 4.71. The summed E-state index contributed by atoms with van der Waals surface area (Å²) in [7, 11) is 1.61. The number of nitrogens with zero attached hydrogens (tertiary/aromatic N) is 2. The van der Waals surface area contributed by atoms with Gasteiger partial charge in [-0.3, -0.25) is 14.8 Å². The first-order valence-electron chi connectivity index (χ1n) is 11.2.